The number of methoxy groups -OCH3 is 1. The summed E-state index contributed by atoms with van der Waals surface area (Å²) in [6, 6.07) is 7.66. The summed E-state index contributed by atoms with van der Waals surface area (Å²) in [7, 11) is 3.36. The fourth-order valence-corrected chi connectivity index (χ4v) is 2.89. The van der Waals surface area contributed by atoms with Crippen molar-refractivity contribution < 1.29 is 14.3 Å². The normalized spacial score (nSPS) is 14.3. The number of ether oxygens (including phenoxy) is 2. The number of piperidine rings is 1. The van der Waals surface area contributed by atoms with Crippen LogP contribution in [0.3, 0.4) is 0 Å². The average molecular weight is 396 g/mol. The van der Waals surface area contributed by atoms with Crippen LogP contribution in [0.5, 0.6) is 11.5 Å². The minimum absolute atomic E-state index is 0. The van der Waals surface area contributed by atoms with Crippen LogP contribution in [0.4, 0.5) is 0 Å². The van der Waals surface area contributed by atoms with Gasteiger partial charge in [0.15, 0.2) is 5.69 Å². The number of likely N-dealkylation sites (N-methyl/N-ethyl adjacent to an activating group) is 1. The van der Waals surface area contributed by atoms with Gasteiger partial charge in [-0.3, -0.25) is 4.79 Å². The number of benzene rings is 1. The van der Waals surface area contributed by atoms with Crippen molar-refractivity contribution in [2.45, 2.75) is 18.9 Å². The molecule has 0 unspecified atom stereocenters. The van der Waals surface area contributed by atoms with E-state index in [1.54, 1.807) is 25.3 Å². The molecule has 1 aromatic carbocycles. The lowest BCUT2D eigenvalue weighted by Gasteiger charge is -2.22. The predicted molar refractivity (Wildman–Crippen MR) is 104 cm³/mol. The third kappa shape index (κ3) is 5.58. The highest BCUT2D eigenvalue weighted by molar-refractivity contribution is 5.91. The zero-order valence-electron chi connectivity index (χ0n) is 15.6. The molecule has 0 bridgehead atoms. The first-order chi connectivity index (χ1) is 12.7. The van der Waals surface area contributed by atoms with Crippen LogP contribution >= 0.6 is 12.4 Å². The molecule has 1 fully saturated rings. The Kier molecular flexibility index (Phi) is 7.87. The summed E-state index contributed by atoms with van der Waals surface area (Å²) in [6.45, 7) is 2.80. The summed E-state index contributed by atoms with van der Waals surface area (Å²) in [5, 5.41) is 11.5. The van der Waals surface area contributed by atoms with Gasteiger partial charge in [0.1, 0.15) is 18.1 Å². The lowest BCUT2D eigenvalue weighted by molar-refractivity contribution is 0.0768. The lowest BCUT2D eigenvalue weighted by Crippen LogP contribution is -2.31. The highest BCUT2D eigenvalue weighted by Crippen LogP contribution is 2.18. The van der Waals surface area contributed by atoms with Gasteiger partial charge in [0.25, 0.3) is 5.91 Å². The van der Waals surface area contributed by atoms with Crippen molar-refractivity contribution in [1.29, 1.82) is 0 Å². The number of nitrogens with one attached hydrogen (secondary N) is 1. The third-order valence-corrected chi connectivity index (χ3v) is 4.51. The maximum absolute atomic E-state index is 12.5. The number of carbonyl (C=O) groups is 1. The molecule has 3 rings (SSSR count). The minimum Gasteiger partial charge on any atom is -0.497 e. The van der Waals surface area contributed by atoms with Gasteiger partial charge in [-0.1, -0.05) is 5.21 Å². The molecule has 0 saturated carbocycles. The van der Waals surface area contributed by atoms with Crippen molar-refractivity contribution in [2.75, 3.05) is 40.4 Å². The van der Waals surface area contributed by atoms with Crippen molar-refractivity contribution in [2.24, 2.45) is 0 Å². The number of carbonyl (C=O) groups excluding carboxylic acids is 1. The maximum Gasteiger partial charge on any atom is 0.275 e. The van der Waals surface area contributed by atoms with E-state index in [-0.39, 0.29) is 18.3 Å². The van der Waals surface area contributed by atoms with E-state index in [2.05, 4.69) is 15.6 Å². The first-order valence-electron chi connectivity index (χ1n) is 8.82. The molecule has 1 aliphatic heterocycles. The van der Waals surface area contributed by atoms with Crippen LogP contribution in [0.2, 0.25) is 0 Å². The number of halogens is 1. The molecule has 1 N–H and O–H groups in total. The first-order valence-corrected chi connectivity index (χ1v) is 8.82. The standard InChI is InChI=1S/C18H25N5O3.ClH/c1-22(11-12-26-16-5-3-15(25-2)4-6-16)18(24)17-13-23(21-20-17)14-7-9-19-10-8-14;/h3-6,13-14,19H,7-12H2,1-2H3;1H. The number of hydrogen-bond acceptors (Lipinski definition) is 6. The van der Waals surface area contributed by atoms with E-state index in [1.165, 1.54) is 0 Å². The molecular weight excluding hydrogens is 370 g/mol. The van der Waals surface area contributed by atoms with E-state index < -0.39 is 0 Å². The summed E-state index contributed by atoms with van der Waals surface area (Å²) >= 11 is 0. The van der Waals surface area contributed by atoms with Gasteiger partial charge in [0.05, 0.1) is 25.9 Å². The number of hydrogen-bond donors (Lipinski definition) is 1. The molecule has 2 aromatic rings. The molecule has 2 heterocycles. The minimum atomic E-state index is -0.150. The molecular formula is C18H26ClN5O3. The Hall–Kier alpha value is -2.32. The largest absolute Gasteiger partial charge is 0.497 e. The second-order valence-electron chi connectivity index (χ2n) is 6.32. The fraction of sp³-hybridized carbons (Fsp3) is 0.500. The number of nitrogens with zero attached hydrogens (tertiary/aromatic N) is 4. The van der Waals surface area contributed by atoms with Crippen molar-refractivity contribution in [1.82, 2.24) is 25.2 Å². The third-order valence-electron chi connectivity index (χ3n) is 4.51. The topological polar surface area (TPSA) is 81.5 Å². The Balaban J connectivity index is 0.00000261. The number of rotatable bonds is 7. The van der Waals surface area contributed by atoms with E-state index in [0.29, 0.717) is 24.9 Å². The molecule has 8 nitrogen and oxygen atoms in total. The van der Waals surface area contributed by atoms with E-state index in [4.69, 9.17) is 9.47 Å². The van der Waals surface area contributed by atoms with Gasteiger partial charge in [-0.2, -0.15) is 0 Å². The van der Waals surface area contributed by atoms with E-state index in [1.807, 2.05) is 28.9 Å². The quantitative estimate of drug-likeness (QED) is 0.769. The summed E-state index contributed by atoms with van der Waals surface area (Å²) < 4.78 is 12.6. The lowest BCUT2D eigenvalue weighted by atomic mass is 10.1. The van der Waals surface area contributed by atoms with Crippen LogP contribution in [0, 0.1) is 0 Å². The van der Waals surface area contributed by atoms with Crippen molar-refractivity contribution >= 4 is 18.3 Å². The Morgan fingerprint density at radius 3 is 2.59 bits per heavy atom. The second-order valence-corrected chi connectivity index (χ2v) is 6.32. The van der Waals surface area contributed by atoms with E-state index in [9.17, 15) is 4.79 Å². The summed E-state index contributed by atoms with van der Waals surface area (Å²) in [5.74, 6) is 1.37. The zero-order chi connectivity index (χ0) is 18.4. The molecule has 27 heavy (non-hydrogen) atoms. The molecule has 1 aliphatic rings. The van der Waals surface area contributed by atoms with Gasteiger partial charge in [-0.05, 0) is 50.2 Å². The highest BCUT2D eigenvalue weighted by atomic mass is 35.5. The van der Waals surface area contributed by atoms with Gasteiger partial charge >= 0.3 is 0 Å². The van der Waals surface area contributed by atoms with Crippen LogP contribution < -0.4 is 14.8 Å². The molecule has 9 heteroatoms. The predicted octanol–water partition coefficient (Wildman–Crippen LogP) is 1.78. The van der Waals surface area contributed by atoms with Gasteiger partial charge in [0.2, 0.25) is 0 Å². The van der Waals surface area contributed by atoms with Crippen LogP contribution in [-0.2, 0) is 0 Å². The Morgan fingerprint density at radius 2 is 1.93 bits per heavy atom. The first kappa shape index (κ1) is 21.0. The number of amides is 1. The van der Waals surface area contributed by atoms with Crippen molar-refractivity contribution in [3.63, 3.8) is 0 Å². The Labute approximate surface area is 165 Å². The van der Waals surface area contributed by atoms with E-state index >= 15 is 0 Å². The summed E-state index contributed by atoms with van der Waals surface area (Å²) in [5.41, 5.74) is 0.371. The molecule has 0 atom stereocenters. The van der Waals surface area contributed by atoms with Crippen LogP contribution in [0.15, 0.2) is 30.5 Å². The SMILES string of the molecule is COc1ccc(OCCN(C)C(=O)c2cn(C3CCNCC3)nn2)cc1.Cl. The van der Waals surface area contributed by atoms with Crippen LogP contribution in [0.1, 0.15) is 29.4 Å². The van der Waals surface area contributed by atoms with E-state index in [0.717, 1.165) is 37.4 Å². The summed E-state index contributed by atoms with van der Waals surface area (Å²) in [6.07, 6.45) is 3.75. The zero-order valence-corrected chi connectivity index (χ0v) is 16.4. The smallest absolute Gasteiger partial charge is 0.275 e. The maximum atomic E-state index is 12.5. The van der Waals surface area contributed by atoms with Gasteiger partial charge in [-0.15, -0.1) is 17.5 Å². The van der Waals surface area contributed by atoms with Crippen molar-refractivity contribution in [3.8, 4) is 11.5 Å². The molecule has 148 valence electrons. The monoisotopic (exact) mass is 395 g/mol. The van der Waals surface area contributed by atoms with Crippen LogP contribution in [0.25, 0.3) is 0 Å². The van der Waals surface area contributed by atoms with Crippen molar-refractivity contribution in [3.05, 3.63) is 36.2 Å². The summed E-state index contributed by atoms with van der Waals surface area (Å²) in [4.78, 5) is 14.1. The molecule has 1 amide bonds. The van der Waals surface area contributed by atoms with Crippen LogP contribution in [-0.4, -0.2) is 66.2 Å². The Bertz CT molecular complexity index is 716. The average Bonchev–Trinajstić information content (AvgIpc) is 3.18. The Morgan fingerprint density at radius 1 is 1.26 bits per heavy atom. The van der Waals surface area contributed by atoms with Gasteiger partial charge < -0.3 is 19.7 Å². The van der Waals surface area contributed by atoms with Gasteiger partial charge in [-0.25, -0.2) is 4.68 Å². The molecule has 1 saturated heterocycles. The molecule has 1 aromatic heterocycles. The fourth-order valence-electron chi connectivity index (χ4n) is 2.89. The second kappa shape index (κ2) is 10.1. The number of aromatic nitrogens is 3. The molecule has 0 aliphatic carbocycles. The molecule has 0 radical (unpaired) electrons. The highest BCUT2D eigenvalue weighted by Gasteiger charge is 2.20. The molecule has 0 spiro atoms. The van der Waals surface area contributed by atoms with Gasteiger partial charge in [0, 0.05) is 7.05 Å².